The summed E-state index contributed by atoms with van der Waals surface area (Å²) in [6.45, 7) is 0. The Kier molecular flexibility index (Phi) is 2.28. The molecule has 2 rings (SSSR count). The van der Waals surface area contributed by atoms with Crippen LogP contribution in [0.3, 0.4) is 0 Å². The Morgan fingerprint density at radius 1 is 1.50 bits per heavy atom. The predicted octanol–water partition coefficient (Wildman–Crippen LogP) is 3.66. The van der Waals surface area contributed by atoms with Crippen LogP contribution in [0.1, 0.15) is 17.2 Å². The van der Waals surface area contributed by atoms with E-state index in [-0.39, 0.29) is 10.8 Å². The number of hydrogen-bond donors (Lipinski definition) is 0. The van der Waals surface area contributed by atoms with Crippen LogP contribution in [-0.4, -0.2) is 5.75 Å². The Hall–Kier alpha value is -0.210. The van der Waals surface area contributed by atoms with Gasteiger partial charge in [0.05, 0.1) is 5.02 Å². The van der Waals surface area contributed by atoms with E-state index in [1.54, 1.807) is 6.07 Å². The molecule has 12 heavy (non-hydrogen) atoms. The summed E-state index contributed by atoms with van der Waals surface area (Å²) < 4.78 is 12.7. The molecule has 1 aromatic rings. The molecule has 1 atom stereocenters. The van der Waals surface area contributed by atoms with Crippen LogP contribution in [0.2, 0.25) is 5.02 Å². The predicted molar refractivity (Wildman–Crippen MR) is 51.2 cm³/mol. The van der Waals surface area contributed by atoms with Crippen molar-refractivity contribution in [1.29, 1.82) is 0 Å². The normalized spacial score (nSPS) is 22.0. The van der Waals surface area contributed by atoms with Crippen molar-refractivity contribution in [1.82, 2.24) is 0 Å². The highest BCUT2D eigenvalue weighted by Gasteiger charge is 2.20. The smallest absolute Gasteiger partial charge is 0.141 e. The van der Waals surface area contributed by atoms with E-state index >= 15 is 0 Å². The molecule has 1 fully saturated rings. The number of benzene rings is 1. The minimum atomic E-state index is -0.329. The molecule has 1 heterocycles. The first kappa shape index (κ1) is 8.39. The fourth-order valence-electron chi connectivity index (χ4n) is 1.21. The van der Waals surface area contributed by atoms with Crippen molar-refractivity contribution in [2.75, 3.05) is 5.75 Å². The molecule has 0 radical (unpaired) electrons. The summed E-state index contributed by atoms with van der Waals surface area (Å²) in [5.41, 5.74) is 1.15. The zero-order valence-electron chi connectivity index (χ0n) is 6.39. The van der Waals surface area contributed by atoms with E-state index in [9.17, 15) is 4.39 Å². The van der Waals surface area contributed by atoms with E-state index in [2.05, 4.69) is 0 Å². The van der Waals surface area contributed by atoms with Gasteiger partial charge in [-0.25, -0.2) is 4.39 Å². The van der Waals surface area contributed by atoms with Crippen molar-refractivity contribution >= 4 is 23.4 Å². The fraction of sp³-hybridized carbons (Fsp3) is 0.333. The van der Waals surface area contributed by atoms with Crippen molar-refractivity contribution in [3.05, 3.63) is 34.6 Å². The monoisotopic (exact) mass is 202 g/mol. The largest absolute Gasteiger partial charge is 0.205 e. The average molecular weight is 203 g/mol. The molecular formula is C9H8ClFS. The van der Waals surface area contributed by atoms with Gasteiger partial charge in [-0.1, -0.05) is 17.7 Å². The third-order valence-electron chi connectivity index (χ3n) is 2.01. The number of halogens is 2. The van der Waals surface area contributed by atoms with Crippen molar-refractivity contribution in [2.24, 2.45) is 0 Å². The van der Waals surface area contributed by atoms with E-state index < -0.39 is 0 Å². The maximum Gasteiger partial charge on any atom is 0.141 e. The molecular weight excluding hydrogens is 195 g/mol. The second-order valence-corrected chi connectivity index (χ2v) is 4.54. The Morgan fingerprint density at radius 2 is 2.25 bits per heavy atom. The van der Waals surface area contributed by atoms with Gasteiger partial charge in [-0.15, -0.1) is 0 Å². The van der Waals surface area contributed by atoms with Crippen molar-refractivity contribution in [3.63, 3.8) is 0 Å². The van der Waals surface area contributed by atoms with Gasteiger partial charge in [-0.05, 0) is 29.9 Å². The third kappa shape index (κ3) is 1.46. The first-order chi connectivity index (χ1) is 5.77. The van der Waals surface area contributed by atoms with Gasteiger partial charge in [0.1, 0.15) is 5.82 Å². The Morgan fingerprint density at radius 3 is 2.75 bits per heavy atom. The van der Waals surface area contributed by atoms with Gasteiger partial charge in [-0.2, -0.15) is 11.8 Å². The van der Waals surface area contributed by atoms with Gasteiger partial charge < -0.3 is 0 Å². The van der Waals surface area contributed by atoms with Gasteiger partial charge in [0.15, 0.2) is 0 Å². The molecule has 3 heteroatoms. The zero-order valence-corrected chi connectivity index (χ0v) is 7.96. The second kappa shape index (κ2) is 3.27. The maximum atomic E-state index is 12.7. The van der Waals surface area contributed by atoms with E-state index in [4.69, 9.17) is 11.6 Å². The van der Waals surface area contributed by atoms with Crippen LogP contribution < -0.4 is 0 Å². The Labute approximate surface area is 80.1 Å². The molecule has 0 nitrogen and oxygen atoms in total. The van der Waals surface area contributed by atoms with Crippen LogP contribution in [0.4, 0.5) is 4.39 Å². The molecule has 0 amide bonds. The van der Waals surface area contributed by atoms with E-state index in [0.29, 0.717) is 5.25 Å². The molecule has 0 saturated carbocycles. The summed E-state index contributed by atoms with van der Waals surface area (Å²) in [7, 11) is 0. The molecule has 1 aromatic carbocycles. The summed E-state index contributed by atoms with van der Waals surface area (Å²) in [6, 6.07) is 4.99. The SMILES string of the molecule is Fc1ccc(C2CCS2)cc1Cl. The number of rotatable bonds is 1. The van der Waals surface area contributed by atoms with E-state index in [1.807, 2.05) is 17.8 Å². The van der Waals surface area contributed by atoms with E-state index in [0.717, 1.165) is 5.56 Å². The standard InChI is InChI=1S/C9H8ClFS/c10-7-5-6(1-2-8(7)11)9-3-4-12-9/h1-2,5,9H,3-4H2. The topological polar surface area (TPSA) is 0 Å². The van der Waals surface area contributed by atoms with Gasteiger partial charge in [0, 0.05) is 5.25 Å². The van der Waals surface area contributed by atoms with Crippen LogP contribution in [0.15, 0.2) is 18.2 Å². The van der Waals surface area contributed by atoms with Crippen molar-refractivity contribution in [2.45, 2.75) is 11.7 Å². The Bertz CT molecular complexity index is 297. The molecule has 0 aliphatic carbocycles. The summed E-state index contributed by atoms with van der Waals surface area (Å²) in [6.07, 6.45) is 1.19. The van der Waals surface area contributed by atoms with E-state index in [1.165, 1.54) is 18.2 Å². The molecule has 0 aromatic heterocycles. The highest BCUT2D eigenvalue weighted by Crippen LogP contribution is 2.42. The van der Waals surface area contributed by atoms with Gasteiger partial charge in [0.2, 0.25) is 0 Å². The van der Waals surface area contributed by atoms with Gasteiger partial charge in [-0.3, -0.25) is 0 Å². The van der Waals surface area contributed by atoms with Crippen LogP contribution in [0.5, 0.6) is 0 Å². The lowest BCUT2D eigenvalue weighted by Gasteiger charge is -2.25. The van der Waals surface area contributed by atoms with Gasteiger partial charge >= 0.3 is 0 Å². The minimum absolute atomic E-state index is 0.236. The van der Waals surface area contributed by atoms with Crippen LogP contribution in [0, 0.1) is 5.82 Å². The Balaban J connectivity index is 2.27. The number of thioether (sulfide) groups is 1. The second-order valence-electron chi connectivity index (χ2n) is 2.82. The minimum Gasteiger partial charge on any atom is -0.205 e. The van der Waals surface area contributed by atoms with Gasteiger partial charge in [0.25, 0.3) is 0 Å². The molecule has 0 bridgehead atoms. The zero-order chi connectivity index (χ0) is 8.55. The molecule has 1 saturated heterocycles. The van der Waals surface area contributed by atoms with Crippen LogP contribution in [0.25, 0.3) is 0 Å². The average Bonchev–Trinajstić information content (AvgIpc) is 1.93. The first-order valence-electron chi connectivity index (χ1n) is 3.84. The van der Waals surface area contributed by atoms with Crippen LogP contribution >= 0.6 is 23.4 Å². The summed E-state index contributed by atoms with van der Waals surface area (Å²) in [5, 5.41) is 0.781. The lowest BCUT2D eigenvalue weighted by molar-refractivity contribution is 0.627. The highest BCUT2D eigenvalue weighted by atomic mass is 35.5. The molecule has 0 spiro atoms. The lowest BCUT2D eigenvalue weighted by Crippen LogP contribution is -2.06. The number of hydrogen-bond acceptors (Lipinski definition) is 1. The quantitative estimate of drug-likeness (QED) is 0.670. The maximum absolute atomic E-state index is 12.7. The van der Waals surface area contributed by atoms with Crippen molar-refractivity contribution < 1.29 is 4.39 Å². The lowest BCUT2D eigenvalue weighted by atomic mass is 10.1. The third-order valence-corrected chi connectivity index (χ3v) is 3.69. The van der Waals surface area contributed by atoms with Crippen LogP contribution in [-0.2, 0) is 0 Å². The summed E-state index contributed by atoms with van der Waals surface area (Å²) >= 11 is 7.55. The fourth-order valence-corrected chi connectivity index (χ4v) is 2.21. The molecule has 1 aliphatic heterocycles. The molecule has 64 valence electrons. The first-order valence-corrected chi connectivity index (χ1v) is 5.26. The highest BCUT2D eigenvalue weighted by molar-refractivity contribution is 8.00. The molecule has 1 aliphatic rings. The summed E-state index contributed by atoms with van der Waals surface area (Å²) in [5.74, 6) is 0.879. The van der Waals surface area contributed by atoms with Crippen molar-refractivity contribution in [3.8, 4) is 0 Å². The molecule has 1 unspecified atom stereocenters. The summed E-state index contributed by atoms with van der Waals surface area (Å²) in [4.78, 5) is 0. The molecule has 0 N–H and O–H groups in total.